The fraction of sp³-hybridized carbons (Fsp3) is 0. The van der Waals surface area contributed by atoms with E-state index in [1.54, 1.807) is 0 Å². The molecule has 0 atom stereocenters. The van der Waals surface area contributed by atoms with Crippen LogP contribution in [0.25, 0.3) is 43.4 Å². The number of halogens is 1. The molecule has 0 aliphatic heterocycles. The van der Waals surface area contributed by atoms with Crippen molar-refractivity contribution in [2.45, 2.75) is 0 Å². The number of rotatable bonds is 1. The van der Waals surface area contributed by atoms with Crippen molar-refractivity contribution in [3.63, 3.8) is 0 Å². The predicted octanol–water partition coefficient (Wildman–Crippen LogP) is 7.47. The normalized spacial score (nSPS) is 11.4. The summed E-state index contributed by atoms with van der Waals surface area (Å²) in [6.45, 7) is 0. The van der Waals surface area contributed by atoms with E-state index in [0.29, 0.717) is 0 Å². The van der Waals surface area contributed by atoms with E-state index >= 15 is 0 Å². The number of hydrogen-bond acceptors (Lipinski definition) is 0. The van der Waals surface area contributed by atoms with Gasteiger partial charge in [-0.1, -0.05) is 84.4 Å². The Bertz CT molecular complexity index is 1200. The molecule has 0 aliphatic carbocycles. The van der Waals surface area contributed by atoms with Crippen LogP contribution in [-0.2, 0) is 0 Å². The van der Waals surface area contributed by atoms with Gasteiger partial charge in [-0.2, -0.15) is 0 Å². The third-order valence-electron chi connectivity index (χ3n) is 4.87. The van der Waals surface area contributed by atoms with Gasteiger partial charge in [0.05, 0.1) is 0 Å². The zero-order valence-corrected chi connectivity index (χ0v) is 14.3. The Hall–Kier alpha value is -2.83. The first-order chi connectivity index (χ1) is 12.3. The van der Waals surface area contributed by atoms with Crippen LogP contribution in [0.1, 0.15) is 0 Å². The molecular formula is C24H15Cl. The summed E-state index contributed by atoms with van der Waals surface area (Å²) in [5.74, 6) is 0. The maximum absolute atomic E-state index is 6.48. The molecule has 5 aromatic carbocycles. The van der Waals surface area contributed by atoms with E-state index < -0.39 is 0 Å². The van der Waals surface area contributed by atoms with Gasteiger partial charge in [0.1, 0.15) is 0 Å². The van der Waals surface area contributed by atoms with Crippen molar-refractivity contribution in [2.75, 3.05) is 0 Å². The van der Waals surface area contributed by atoms with Crippen LogP contribution < -0.4 is 0 Å². The molecule has 0 unspecified atom stereocenters. The molecule has 1 heteroatoms. The Morgan fingerprint density at radius 2 is 0.960 bits per heavy atom. The molecule has 0 radical (unpaired) electrons. The molecule has 0 bridgehead atoms. The quantitative estimate of drug-likeness (QED) is 0.278. The van der Waals surface area contributed by atoms with E-state index in [1.165, 1.54) is 43.4 Å². The first-order valence-corrected chi connectivity index (χ1v) is 8.78. The van der Waals surface area contributed by atoms with Crippen LogP contribution >= 0.6 is 11.6 Å². The lowest BCUT2D eigenvalue weighted by atomic mass is 9.89. The van der Waals surface area contributed by atoms with Gasteiger partial charge in [-0.05, 0) is 61.6 Å². The van der Waals surface area contributed by atoms with E-state index in [2.05, 4.69) is 84.9 Å². The average molecular weight is 339 g/mol. The summed E-state index contributed by atoms with van der Waals surface area (Å²) >= 11 is 6.48. The van der Waals surface area contributed by atoms with Gasteiger partial charge in [-0.25, -0.2) is 0 Å². The molecule has 0 saturated carbocycles. The van der Waals surface area contributed by atoms with Crippen molar-refractivity contribution < 1.29 is 0 Å². The predicted molar refractivity (Wildman–Crippen MR) is 109 cm³/mol. The van der Waals surface area contributed by atoms with Gasteiger partial charge in [0, 0.05) is 5.02 Å². The monoisotopic (exact) mass is 338 g/mol. The zero-order valence-electron chi connectivity index (χ0n) is 13.5. The van der Waals surface area contributed by atoms with Gasteiger partial charge >= 0.3 is 0 Å². The zero-order chi connectivity index (χ0) is 16.8. The van der Waals surface area contributed by atoms with Crippen molar-refractivity contribution in [2.24, 2.45) is 0 Å². The standard InChI is InChI=1S/C24H15Cl/c25-19-14-18-9-1-4-10-20(18)23(15-19)24-21-11-5-2-7-16(21)13-17-8-3-6-12-22(17)24/h1-15H. The minimum Gasteiger partial charge on any atom is -0.0843 e. The number of benzene rings is 5. The molecule has 0 aliphatic rings. The molecule has 0 saturated heterocycles. The lowest BCUT2D eigenvalue weighted by molar-refractivity contribution is 1.70. The first kappa shape index (κ1) is 14.5. The van der Waals surface area contributed by atoms with E-state index in [-0.39, 0.29) is 0 Å². The molecule has 0 nitrogen and oxygen atoms in total. The second kappa shape index (κ2) is 5.61. The van der Waals surface area contributed by atoms with Gasteiger partial charge < -0.3 is 0 Å². The van der Waals surface area contributed by atoms with Crippen molar-refractivity contribution in [1.82, 2.24) is 0 Å². The van der Waals surface area contributed by atoms with Crippen molar-refractivity contribution in [1.29, 1.82) is 0 Å². The number of hydrogen-bond donors (Lipinski definition) is 0. The molecule has 0 N–H and O–H groups in total. The largest absolute Gasteiger partial charge is 0.0843 e. The Morgan fingerprint density at radius 3 is 1.56 bits per heavy atom. The van der Waals surface area contributed by atoms with Gasteiger partial charge in [0.2, 0.25) is 0 Å². The molecule has 0 fully saturated rings. The molecular weight excluding hydrogens is 324 g/mol. The molecule has 0 aromatic heterocycles. The molecule has 5 aromatic rings. The van der Waals surface area contributed by atoms with Crippen LogP contribution in [0.15, 0.2) is 91.0 Å². The maximum Gasteiger partial charge on any atom is 0.0418 e. The lowest BCUT2D eigenvalue weighted by Gasteiger charge is -2.15. The van der Waals surface area contributed by atoms with E-state index in [1.807, 2.05) is 6.07 Å². The van der Waals surface area contributed by atoms with Gasteiger partial charge in [-0.3, -0.25) is 0 Å². The van der Waals surface area contributed by atoms with Crippen LogP contribution in [0, 0.1) is 0 Å². The minimum absolute atomic E-state index is 0.769. The number of fused-ring (bicyclic) bond motifs is 3. The van der Waals surface area contributed by atoms with Crippen LogP contribution in [0.3, 0.4) is 0 Å². The highest BCUT2D eigenvalue weighted by molar-refractivity contribution is 6.32. The SMILES string of the molecule is Clc1cc(-c2c3ccccc3cc3ccccc23)c2ccccc2c1. The second-order valence-electron chi connectivity index (χ2n) is 6.37. The summed E-state index contributed by atoms with van der Waals surface area (Å²) in [6.07, 6.45) is 0. The molecule has 118 valence electrons. The molecule has 5 rings (SSSR count). The Kier molecular flexibility index (Phi) is 3.26. The third-order valence-corrected chi connectivity index (χ3v) is 5.09. The van der Waals surface area contributed by atoms with Crippen LogP contribution in [0.2, 0.25) is 5.02 Å². The van der Waals surface area contributed by atoms with E-state index in [9.17, 15) is 0 Å². The Balaban J connectivity index is 2.05. The highest BCUT2D eigenvalue weighted by Gasteiger charge is 2.13. The smallest absolute Gasteiger partial charge is 0.0418 e. The lowest BCUT2D eigenvalue weighted by Crippen LogP contribution is -1.87. The van der Waals surface area contributed by atoms with Gasteiger partial charge in [0.15, 0.2) is 0 Å². The average Bonchev–Trinajstić information content (AvgIpc) is 2.65. The summed E-state index contributed by atoms with van der Waals surface area (Å²) in [5, 5.41) is 8.18. The topological polar surface area (TPSA) is 0 Å². The van der Waals surface area contributed by atoms with E-state index in [4.69, 9.17) is 11.6 Å². The summed E-state index contributed by atoms with van der Waals surface area (Å²) in [7, 11) is 0. The maximum atomic E-state index is 6.48. The fourth-order valence-corrected chi connectivity index (χ4v) is 4.01. The third kappa shape index (κ3) is 2.30. The van der Waals surface area contributed by atoms with Crippen molar-refractivity contribution in [3.05, 3.63) is 96.0 Å². The van der Waals surface area contributed by atoms with Crippen LogP contribution in [0.5, 0.6) is 0 Å². The summed E-state index contributed by atoms with van der Waals surface area (Å²) in [4.78, 5) is 0. The van der Waals surface area contributed by atoms with Crippen molar-refractivity contribution >= 4 is 43.9 Å². The van der Waals surface area contributed by atoms with Gasteiger partial charge in [-0.15, -0.1) is 0 Å². The highest BCUT2D eigenvalue weighted by Crippen LogP contribution is 2.40. The Labute approximate surface area is 151 Å². The second-order valence-corrected chi connectivity index (χ2v) is 6.80. The molecule has 0 amide bonds. The fourth-order valence-electron chi connectivity index (χ4n) is 3.78. The van der Waals surface area contributed by atoms with E-state index in [0.717, 1.165) is 5.02 Å². The van der Waals surface area contributed by atoms with Crippen LogP contribution in [-0.4, -0.2) is 0 Å². The summed E-state index contributed by atoms with van der Waals surface area (Å²) in [6, 6.07) is 32.0. The van der Waals surface area contributed by atoms with Gasteiger partial charge in [0.25, 0.3) is 0 Å². The summed E-state index contributed by atoms with van der Waals surface area (Å²) < 4.78 is 0. The van der Waals surface area contributed by atoms with Crippen LogP contribution in [0.4, 0.5) is 0 Å². The minimum atomic E-state index is 0.769. The first-order valence-electron chi connectivity index (χ1n) is 8.40. The molecule has 0 heterocycles. The molecule has 0 spiro atoms. The molecule has 25 heavy (non-hydrogen) atoms. The van der Waals surface area contributed by atoms with Crippen molar-refractivity contribution in [3.8, 4) is 11.1 Å². The Morgan fingerprint density at radius 1 is 0.480 bits per heavy atom. The summed E-state index contributed by atoms with van der Waals surface area (Å²) in [5.41, 5.74) is 2.45. The highest BCUT2D eigenvalue weighted by atomic mass is 35.5.